The molecule has 1 amide bonds. The second kappa shape index (κ2) is 11.2. The number of aryl methyl sites for hydroxylation is 1. The third-order valence-corrected chi connectivity index (χ3v) is 6.92. The maximum absolute atomic E-state index is 13.7. The van der Waals surface area contributed by atoms with E-state index in [-0.39, 0.29) is 24.2 Å². The molecule has 38 heavy (non-hydrogen) atoms. The van der Waals surface area contributed by atoms with Gasteiger partial charge in [-0.1, -0.05) is 12.1 Å². The van der Waals surface area contributed by atoms with E-state index in [2.05, 4.69) is 25.6 Å². The number of benzene rings is 1. The number of hydrogen-bond donors (Lipinski definition) is 2. The van der Waals surface area contributed by atoms with Gasteiger partial charge < -0.3 is 15.5 Å². The monoisotopic (exact) mass is 551 g/mol. The molecule has 2 N–H and O–H groups in total. The number of nitrogens with one attached hydrogen (secondary N) is 2. The van der Waals surface area contributed by atoms with Crippen LogP contribution >= 0.6 is 0 Å². The van der Waals surface area contributed by atoms with Crippen LogP contribution in [0.25, 0.3) is 0 Å². The summed E-state index contributed by atoms with van der Waals surface area (Å²) in [4.78, 5) is 26.0. The molecule has 0 atom stereocenters. The molecule has 0 saturated carbocycles. The van der Waals surface area contributed by atoms with Gasteiger partial charge in [0.05, 0.1) is 6.26 Å². The second-order valence-corrected chi connectivity index (χ2v) is 10.5. The number of rotatable bonds is 9. The number of sulfonamides is 1. The topological polar surface area (TPSA) is 120 Å². The molecule has 3 rings (SSSR count). The number of alkyl halides is 3. The molecule has 0 aliphatic rings. The Morgan fingerprint density at radius 3 is 2.47 bits per heavy atom. The van der Waals surface area contributed by atoms with Crippen LogP contribution < -0.4 is 14.9 Å². The standard InChI is InChI=1S/C24H28F3N7O3S/c1-6-33(3)22(35)16-10-9-15(2)19(12-16)31-23-30-14-18(24(25,26)27)20(32-23)29-13-17-8-7-11-28-21(17)34(4)38(5,36)37/h7-12,14H,6,13H2,1-5H3,(H2,29,30,31,32). The quantitative estimate of drug-likeness (QED) is 0.409. The lowest BCUT2D eigenvalue weighted by atomic mass is 10.1. The molecule has 10 nitrogen and oxygen atoms in total. The Labute approximate surface area is 219 Å². The van der Waals surface area contributed by atoms with Crippen LogP contribution in [0.5, 0.6) is 0 Å². The third-order valence-electron chi connectivity index (χ3n) is 5.76. The molecular weight excluding hydrogens is 523 g/mol. The van der Waals surface area contributed by atoms with Crippen molar-refractivity contribution in [3.8, 4) is 0 Å². The van der Waals surface area contributed by atoms with Crippen molar-refractivity contribution in [2.45, 2.75) is 26.6 Å². The molecule has 0 bridgehead atoms. The number of pyridine rings is 1. The summed E-state index contributed by atoms with van der Waals surface area (Å²) in [5, 5.41) is 5.53. The van der Waals surface area contributed by atoms with E-state index in [1.165, 1.54) is 18.1 Å². The van der Waals surface area contributed by atoms with Gasteiger partial charge >= 0.3 is 6.18 Å². The van der Waals surface area contributed by atoms with Gasteiger partial charge in [-0.05, 0) is 37.6 Å². The fraction of sp³-hybridized carbons (Fsp3) is 0.333. The Morgan fingerprint density at radius 2 is 1.84 bits per heavy atom. The molecule has 0 aliphatic heterocycles. The number of hydrogen-bond acceptors (Lipinski definition) is 8. The summed E-state index contributed by atoms with van der Waals surface area (Å²) in [6, 6.07) is 8.05. The fourth-order valence-corrected chi connectivity index (χ4v) is 3.82. The molecule has 204 valence electrons. The van der Waals surface area contributed by atoms with Crippen molar-refractivity contribution in [3.63, 3.8) is 0 Å². The molecular formula is C24H28F3N7O3S. The van der Waals surface area contributed by atoms with E-state index >= 15 is 0 Å². The summed E-state index contributed by atoms with van der Waals surface area (Å²) in [5.41, 5.74) is 0.809. The number of carbonyl (C=O) groups is 1. The third kappa shape index (κ3) is 6.68. The largest absolute Gasteiger partial charge is 0.421 e. The first-order chi connectivity index (χ1) is 17.7. The lowest BCUT2D eigenvalue weighted by Crippen LogP contribution is -2.27. The smallest absolute Gasteiger partial charge is 0.365 e. The summed E-state index contributed by atoms with van der Waals surface area (Å²) < 4.78 is 66.1. The van der Waals surface area contributed by atoms with Crippen molar-refractivity contribution in [1.29, 1.82) is 0 Å². The van der Waals surface area contributed by atoms with Gasteiger partial charge in [0, 0.05) is 56.4 Å². The van der Waals surface area contributed by atoms with Crippen molar-refractivity contribution < 1.29 is 26.4 Å². The molecule has 0 saturated heterocycles. The maximum Gasteiger partial charge on any atom is 0.421 e. The van der Waals surface area contributed by atoms with Crippen molar-refractivity contribution in [2.24, 2.45) is 0 Å². The number of anilines is 4. The number of amides is 1. The Balaban J connectivity index is 1.94. The van der Waals surface area contributed by atoms with Crippen LogP contribution in [0, 0.1) is 6.92 Å². The van der Waals surface area contributed by atoms with E-state index < -0.39 is 27.6 Å². The Kier molecular flexibility index (Phi) is 8.44. The zero-order chi connectivity index (χ0) is 28.3. The minimum atomic E-state index is -4.75. The van der Waals surface area contributed by atoms with Gasteiger partial charge in [0.2, 0.25) is 16.0 Å². The Morgan fingerprint density at radius 1 is 1.13 bits per heavy atom. The minimum absolute atomic E-state index is 0.0672. The predicted octanol–water partition coefficient (Wildman–Crippen LogP) is 4.04. The van der Waals surface area contributed by atoms with E-state index in [0.717, 1.165) is 16.1 Å². The van der Waals surface area contributed by atoms with E-state index in [4.69, 9.17) is 0 Å². The molecule has 2 aromatic heterocycles. The highest BCUT2D eigenvalue weighted by atomic mass is 32.2. The van der Waals surface area contributed by atoms with Crippen LogP contribution in [0.2, 0.25) is 0 Å². The number of aromatic nitrogens is 3. The Hall–Kier alpha value is -3.94. The highest BCUT2D eigenvalue weighted by Crippen LogP contribution is 2.35. The van der Waals surface area contributed by atoms with Crippen LogP contribution in [0.15, 0.2) is 42.7 Å². The molecule has 14 heteroatoms. The van der Waals surface area contributed by atoms with Gasteiger partial charge in [-0.3, -0.25) is 9.10 Å². The predicted molar refractivity (Wildman–Crippen MR) is 139 cm³/mol. The van der Waals surface area contributed by atoms with E-state index in [1.54, 1.807) is 44.3 Å². The van der Waals surface area contributed by atoms with Crippen molar-refractivity contribution >= 4 is 39.2 Å². The van der Waals surface area contributed by atoms with Crippen LogP contribution in [-0.2, 0) is 22.7 Å². The van der Waals surface area contributed by atoms with Crippen LogP contribution in [-0.4, -0.2) is 61.1 Å². The highest BCUT2D eigenvalue weighted by molar-refractivity contribution is 7.92. The van der Waals surface area contributed by atoms with Crippen LogP contribution in [0.1, 0.15) is 34.0 Å². The molecule has 0 fully saturated rings. The number of nitrogens with zero attached hydrogens (tertiary/aromatic N) is 5. The average molecular weight is 552 g/mol. The fourth-order valence-electron chi connectivity index (χ4n) is 3.35. The molecule has 1 aromatic carbocycles. The first kappa shape index (κ1) is 28.6. The maximum atomic E-state index is 13.7. The van der Waals surface area contributed by atoms with E-state index in [0.29, 0.717) is 29.6 Å². The van der Waals surface area contributed by atoms with Crippen molar-refractivity contribution in [3.05, 3.63) is 65.0 Å². The zero-order valence-electron chi connectivity index (χ0n) is 21.5. The van der Waals surface area contributed by atoms with Crippen molar-refractivity contribution in [2.75, 3.05) is 41.8 Å². The van der Waals surface area contributed by atoms with E-state index in [9.17, 15) is 26.4 Å². The average Bonchev–Trinajstić information content (AvgIpc) is 2.86. The summed E-state index contributed by atoms with van der Waals surface area (Å²) in [6.07, 6.45) is -1.73. The second-order valence-electron chi connectivity index (χ2n) is 8.50. The van der Waals surface area contributed by atoms with Gasteiger partial charge in [0.1, 0.15) is 17.2 Å². The Bertz CT molecular complexity index is 1430. The van der Waals surface area contributed by atoms with Gasteiger partial charge in [-0.15, -0.1) is 0 Å². The zero-order valence-corrected chi connectivity index (χ0v) is 22.3. The van der Waals surface area contributed by atoms with Crippen molar-refractivity contribution in [1.82, 2.24) is 19.9 Å². The molecule has 2 heterocycles. The van der Waals surface area contributed by atoms with Gasteiger partial charge in [-0.2, -0.15) is 18.2 Å². The van der Waals surface area contributed by atoms with E-state index in [1.807, 2.05) is 6.92 Å². The molecule has 0 unspecified atom stereocenters. The van der Waals surface area contributed by atoms with Crippen LogP contribution in [0.4, 0.5) is 36.4 Å². The van der Waals surface area contributed by atoms with Gasteiger partial charge in [0.25, 0.3) is 5.91 Å². The van der Waals surface area contributed by atoms with Gasteiger partial charge in [0.15, 0.2) is 0 Å². The number of carbonyl (C=O) groups excluding carboxylic acids is 1. The highest BCUT2D eigenvalue weighted by Gasteiger charge is 2.35. The lowest BCUT2D eigenvalue weighted by molar-refractivity contribution is -0.137. The molecule has 0 radical (unpaired) electrons. The molecule has 0 aliphatic carbocycles. The first-order valence-corrected chi connectivity index (χ1v) is 13.3. The summed E-state index contributed by atoms with van der Waals surface area (Å²) >= 11 is 0. The normalized spacial score (nSPS) is 11.7. The molecule has 3 aromatic rings. The summed E-state index contributed by atoms with van der Waals surface area (Å²) in [5.74, 6) is -0.783. The summed E-state index contributed by atoms with van der Waals surface area (Å²) in [7, 11) is -0.694. The SMILES string of the molecule is CCN(C)C(=O)c1ccc(C)c(Nc2ncc(C(F)(F)F)c(NCc3cccnc3N(C)S(C)(=O)=O)n2)c1. The van der Waals surface area contributed by atoms with Crippen LogP contribution in [0.3, 0.4) is 0 Å². The summed E-state index contributed by atoms with van der Waals surface area (Å²) in [6.45, 7) is 3.91. The minimum Gasteiger partial charge on any atom is -0.365 e. The number of halogens is 3. The molecule has 0 spiro atoms. The van der Waals surface area contributed by atoms with Gasteiger partial charge in [-0.25, -0.2) is 18.4 Å². The lowest BCUT2D eigenvalue weighted by Gasteiger charge is -2.20. The first-order valence-electron chi connectivity index (χ1n) is 11.4.